The maximum atomic E-state index is 8.86. The van der Waals surface area contributed by atoms with Crippen LogP contribution in [-0.2, 0) is 6.54 Å². The van der Waals surface area contributed by atoms with Gasteiger partial charge in [-0.1, -0.05) is 17.7 Å². The van der Waals surface area contributed by atoms with E-state index >= 15 is 0 Å². The zero-order chi connectivity index (χ0) is 13.4. The third-order valence-corrected chi connectivity index (χ3v) is 4.81. The standard InChI is InChI=1S/C15H18ClN3/c16-15-5-10(8-17)1-2-11(15)9-19-13-3-4-14(19)7-12(18)6-13/h1-2,5,12-14H,3-4,6-7,9,18H2. The lowest BCUT2D eigenvalue weighted by atomic mass is 9.97. The summed E-state index contributed by atoms with van der Waals surface area (Å²) in [5.74, 6) is 0. The molecule has 0 aromatic heterocycles. The van der Waals surface area contributed by atoms with Crippen LogP contribution >= 0.6 is 11.6 Å². The molecule has 2 fully saturated rings. The van der Waals surface area contributed by atoms with Crippen molar-refractivity contribution in [1.29, 1.82) is 5.26 Å². The monoisotopic (exact) mass is 275 g/mol. The third-order valence-electron chi connectivity index (χ3n) is 4.46. The molecule has 3 rings (SSSR count). The largest absolute Gasteiger partial charge is 0.328 e. The van der Waals surface area contributed by atoms with Gasteiger partial charge in [-0.25, -0.2) is 0 Å². The van der Waals surface area contributed by atoms with E-state index in [1.165, 1.54) is 12.8 Å². The molecule has 2 saturated heterocycles. The molecule has 2 heterocycles. The maximum Gasteiger partial charge on any atom is 0.0992 e. The summed E-state index contributed by atoms with van der Waals surface area (Å²) in [6.45, 7) is 0.882. The fraction of sp³-hybridized carbons (Fsp3) is 0.533. The van der Waals surface area contributed by atoms with Crippen LogP contribution in [0.15, 0.2) is 18.2 Å². The fourth-order valence-corrected chi connectivity index (χ4v) is 3.76. The zero-order valence-electron chi connectivity index (χ0n) is 10.8. The Morgan fingerprint density at radius 1 is 1.32 bits per heavy atom. The third kappa shape index (κ3) is 2.49. The van der Waals surface area contributed by atoms with Gasteiger partial charge in [0, 0.05) is 29.7 Å². The second kappa shape index (κ2) is 5.13. The number of benzene rings is 1. The van der Waals surface area contributed by atoms with Crippen molar-refractivity contribution in [2.24, 2.45) is 5.73 Å². The molecule has 2 atom stereocenters. The van der Waals surface area contributed by atoms with Crippen LogP contribution in [0.3, 0.4) is 0 Å². The van der Waals surface area contributed by atoms with Crippen LogP contribution in [-0.4, -0.2) is 23.0 Å². The first kappa shape index (κ1) is 12.9. The van der Waals surface area contributed by atoms with Crippen LogP contribution < -0.4 is 5.73 Å². The van der Waals surface area contributed by atoms with E-state index < -0.39 is 0 Å². The highest BCUT2D eigenvalue weighted by Crippen LogP contribution is 2.37. The Labute approximate surface area is 118 Å². The fourth-order valence-electron chi connectivity index (χ4n) is 3.52. The smallest absolute Gasteiger partial charge is 0.0992 e. The minimum atomic E-state index is 0.366. The summed E-state index contributed by atoms with van der Waals surface area (Å²) < 4.78 is 0. The number of nitrogens with two attached hydrogens (primary N) is 1. The number of nitrogens with zero attached hydrogens (tertiary/aromatic N) is 2. The number of rotatable bonds is 2. The number of nitriles is 1. The van der Waals surface area contributed by atoms with E-state index in [0.717, 1.165) is 24.9 Å². The minimum absolute atomic E-state index is 0.366. The molecule has 1 aromatic rings. The molecule has 3 nitrogen and oxygen atoms in total. The molecular formula is C15H18ClN3. The van der Waals surface area contributed by atoms with Gasteiger partial charge in [0.2, 0.25) is 0 Å². The highest BCUT2D eigenvalue weighted by atomic mass is 35.5. The van der Waals surface area contributed by atoms with Gasteiger partial charge in [0.25, 0.3) is 0 Å². The quantitative estimate of drug-likeness (QED) is 0.903. The van der Waals surface area contributed by atoms with E-state index in [0.29, 0.717) is 28.7 Å². The molecule has 19 heavy (non-hydrogen) atoms. The van der Waals surface area contributed by atoms with Crippen molar-refractivity contribution in [3.8, 4) is 6.07 Å². The molecule has 2 bridgehead atoms. The Bertz CT molecular complexity index is 509. The Morgan fingerprint density at radius 3 is 2.58 bits per heavy atom. The Kier molecular flexibility index (Phi) is 3.49. The molecule has 2 unspecified atom stereocenters. The van der Waals surface area contributed by atoms with Gasteiger partial charge in [-0.2, -0.15) is 5.26 Å². The van der Waals surface area contributed by atoms with Gasteiger partial charge in [0.15, 0.2) is 0 Å². The van der Waals surface area contributed by atoms with Gasteiger partial charge in [-0.05, 0) is 43.4 Å². The zero-order valence-corrected chi connectivity index (χ0v) is 11.6. The summed E-state index contributed by atoms with van der Waals surface area (Å²) in [6.07, 6.45) is 4.72. The van der Waals surface area contributed by atoms with Gasteiger partial charge < -0.3 is 5.73 Å². The Hall–Kier alpha value is -1.08. The second-order valence-electron chi connectivity index (χ2n) is 5.71. The van der Waals surface area contributed by atoms with Crippen LogP contribution in [0.2, 0.25) is 5.02 Å². The molecule has 2 aliphatic rings. The minimum Gasteiger partial charge on any atom is -0.328 e. The predicted octanol–water partition coefficient (Wildman–Crippen LogP) is 2.67. The summed E-state index contributed by atoms with van der Waals surface area (Å²) in [4.78, 5) is 2.55. The molecular weight excluding hydrogens is 258 g/mol. The van der Waals surface area contributed by atoms with E-state index in [4.69, 9.17) is 22.6 Å². The molecule has 100 valence electrons. The molecule has 1 aromatic carbocycles. The van der Waals surface area contributed by atoms with E-state index in [1.807, 2.05) is 12.1 Å². The van der Waals surface area contributed by atoms with Crippen LogP contribution in [0, 0.1) is 11.3 Å². The number of hydrogen-bond acceptors (Lipinski definition) is 3. The van der Waals surface area contributed by atoms with Crippen molar-refractivity contribution in [1.82, 2.24) is 4.90 Å². The number of hydrogen-bond donors (Lipinski definition) is 1. The lowest BCUT2D eigenvalue weighted by molar-refractivity contribution is 0.120. The molecule has 0 aliphatic carbocycles. The molecule has 2 aliphatic heterocycles. The van der Waals surface area contributed by atoms with Crippen LogP contribution in [0.4, 0.5) is 0 Å². The molecule has 4 heteroatoms. The van der Waals surface area contributed by atoms with Crippen LogP contribution in [0.25, 0.3) is 0 Å². The average Bonchev–Trinajstić information content (AvgIpc) is 2.63. The predicted molar refractivity (Wildman–Crippen MR) is 75.7 cm³/mol. The van der Waals surface area contributed by atoms with Gasteiger partial charge in [0.05, 0.1) is 11.6 Å². The maximum absolute atomic E-state index is 8.86. The molecule has 0 radical (unpaired) electrons. The lowest BCUT2D eigenvalue weighted by Crippen LogP contribution is -2.46. The Morgan fingerprint density at radius 2 is 2.00 bits per heavy atom. The van der Waals surface area contributed by atoms with Crippen molar-refractivity contribution in [2.45, 2.75) is 50.4 Å². The van der Waals surface area contributed by atoms with Crippen molar-refractivity contribution in [3.05, 3.63) is 34.3 Å². The SMILES string of the molecule is N#Cc1ccc(CN2C3CCC2CC(N)C3)c(Cl)c1. The topological polar surface area (TPSA) is 53.0 Å². The van der Waals surface area contributed by atoms with E-state index in [9.17, 15) is 0 Å². The highest BCUT2D eigenvalue weighted by molar-refractivity contribution is 6.31. The summed E-state index contributed by atoms with van der Waals surface area (Å²) >= 11 is 6.27. The normalized spacial score (nSPS) is 30.3. The van der Waals surface area contributed by atoms with E-state index in [-0.39, 0.29) is 0 Å². The number of fused-ring (bicyclic) bond motifs is 2. The van der Waals surface area contributed by atoms with Crippen molar-refractivity contribution in [2.75, 3.05) is 0 Å². The number of halogens is 1. The van der Waals surface area contributed by atoms with Crippen molar-refractivity contribution >= 4 is 11.6 Å². The van der Waals surface area contributed by atoms with Crippen LogP contribution in [0.5, 0.6) is 0 Å². The first-order valence-electron chi connectivity index (χ1n) is 6.87. The van der Waals surface area contributed by atoms with E-state index in [1.54, 1.807) is 6.07 Å². The van der Waals surface area contributed by atoms with Gasteiger partial charge in [-0.3, -0.25) is 4.90 Å². The number of piperidine rings is 1. The molecule has 0 saturated carbocycles. The van der Waals surface area contributed by atoms with Crippen molar-refractivity contribution in [3.63, 3.8) is 0 Å². The van der Waals surface area contributed by atoms with Gasteiger partial charge >= 0.3 is 0 Å². The van der Waals surface area contributed by atoms with Crippen LogP contribution in [0.1, 0.15) is 36.8 Å². The molecule has 0 amide bonds. The van der Waals surface area contributed by atoms with E-state index in [2.05, 4.69) is 11.0 Å². The van der Waals surface area contributed by atoms with Gasteiger partial charge in [-0.15, -0.1) is 0 Å². The Balaban J connectivity index is 1.77. The molecule has 0 spiro atoms. The first-order valence-corrected chi connectivity index (χ1v) is 7.25. The summed E-state index contributed by atoms with van der Waals surface area (Å²) in [6, 6.07) is 9.29. The summed E-state index contributed by atoms with van der Waals surface area (Å²) in [7, 11) is 0. The van der Waals surface area contributed by atoms with Gasteiger partial charge in [0.1, 0.15) is 0 Å². The first-order chi connectivity index (χ1) is 9.17. The molecule has 2 N–H and O–H groups in total. The van der Waals surface area contributed by atoms with Crippen molar-refractivity contribution < 1.29 is 0 Å². The average molecular weight is 276 g/mol. The summed E-state index contributed by atoms with van der Waals surface area (Å²) in [5, 5.41) is 9.57. The highest BCUT2D eigenvalue weighted by Gasteiger charge is 2.39. The summed E-state index contributed by atoms with van der Waals surface area (Å²) in [5.41, 5.74) is 7.83. The lowest BCUT2D eigenvalue weighted by Gasteiger charge is -2.37. The second-order valence-corrected chi connectivity index (χ2v) is 6.11.